The van der Waals surface area contributed by atoms with Gasteiger partial charge in [0.05, 0.1) is 14.2 Å². The summed E-state index contributed by atoms with van der Waals surface area (Å²) in [6, 6.07) is 13.1. The van der Waals surface area contributed by atoms with Gasteiger partial charge in [-0.2, -0.15) is 0 Å². The van der Waals surface area contributed by atoms with Crippen molar-refractivity contribution < 1.29 is 14.3 Å². The molecular weight excluding hydrogens is 352 g/mol. The molecule has 0 unspecified atom stereocenters. The molecule has 1 aliphatic rings. The summed E-state index contributed by atoms with van der Waals surface area (Å²) >= 11 is 5.99. The molecule has 0 saturated carbocycles. The van der Waals surface area contributed by atoms with Gasteiger partial charge in [0.2, 0.25) is 0 Å². The molecule has 0 saturated heterocycles. The van der Waals surface area contributed by atoms with E-state index in [-0.39, 0.29) is 5.91 Å². The van der Waals surface area contributed by atoms with Crippen molar-refractivity contribution >= 4 is 29.4 Å². The highest BCUT2D eigenvalue weighted by molar-refractivity contribution is 6.30. The third-order valence-corrected chi connectivity index (χ3v) is 4.23. The van der Waals surface area contributed by atoms with E-state index in [0.717, 1.165) is 17.5 Å². The zero-order valence-corrected chi connectivity index (χ0v) is 15.3. The fourth-order valence-electron chi connectivity index (χ4n) is 2.69. The van der Waals surface area contributed by atoms with Gasteiger partial charge in [0, 0.05) is 11.4 Å². The first-order valence-electron chi connectivity index (χ1n) is 8.16. The van der Waals surface area contributed by atoms with Crippen LogP contribution in [0.1, 0.15) is 17.5 Å². The summed E-state index contributed by atoms with van der Waals surface area (Å²) in [7, 11) is 3.15. The Balaban J connectivity index is 1.74. The van der Waals surface area contributed by atoms with Gasteiger partial charge < -0.3 is 14.8 Å². The van der Waals surface area contributed by atoms with E-state index in [0.29, 0.717) is 34.5 Å². The molecule has 6 heteroatoms. The molecule has 0 atom stereocenters. The van der Waals surface area contributed by atoms with Gasteiger partial charge in [-0.3, -0.25) is 4.79 Å². The van der Waals surface area contributed by atoms with Gasteiger partial charge in [-0.25, -0.2) is 4.99 Å². The normalized spacial score (nSPS) is 15.0. The van der Waals surface area contributed by atoms with E-state index >= 15 is 0 Å². The maximum Gasteiger partial charge on any atom is 0.275 e. The number of amides is 1. The highest BCUT2D eigenvalue weighted by Gasteiger charge is 2.19. The van der Waals surface area contributed by atoms with E-state index in [4.69, 9.17) is 21.1 Å². The molecule has 0 spiro atoms. The summed E-state index contributed by atoms with van der Waals surface area (Å²) in [6.45, 7) is 0. The molecule has 0 fully saturated rings. The van der Waals surface area contributed by atoms with Crippen molar-refractivity contribution in [3.63, 3.8) is 0 Å². The van der Waals surface area contributed by atoms with Crippen LogP contribution in [0.25, 0.3) is 6.08 Å². The Morgan fingerprint density at radius 1 is 1.08 bits per heavy atom. The van der Waals surface area contributed by atoms with E-state index < -0.39 is 0 Å². The minimum atomic E-state index is -0.208. The van der Waals surface area contributed by atoms with Crippen molar-refractivity contribution in [3.8, 4) is 11.5 Å². The second kappa shape index (κ2) is 8.06. The molecule has 0 radical (unpaired) electrons. The van der Waals surface area contributed by atoms with Gasteiger partial charge in [0.25, 0.3) is 5.91 Å². The standard InChI is InChI=1S/C20H19ClN2O3/c1-25-17-8-6-14(12-18(17)26-2)11-16-20(24)23-19(22-16)9-7-13-4-3-5-15(21)10-13/h3-6,8,10-12H,7,9H2,1-2H3,(H,22,23,24)/b16-11+. The van der Waals surface area contributed by atoms with Crippen LogP contribution < -0.4 is 14.8 Å². The zero-order chi connectivity index (χ0) is 18.5. The van der Waals surface area contributed by atoms with Crippen LogP contribution in [-0.4, -0.2) is 26.0 Å². The number of benzene rings is 2. The van der Waals surface area contributed by atoms with Gasteiger partial charge in [0.15, 0.2) is 11.5 Å². The highest BCUT2D eigenvalue weighted by atomic mass is 35.5. The van der Waals surface area contributed by atoms with E-state index in [2.05, 4.69) is 10.3 Å². The zero-order valence-electron chi connectivity index (χ0n) is 14.6. The summed E-state index contributed by atoms with van der Waals surface area (Å²) < 4.78 is 10.5. The Kier molecular flexibility index (Phi) is 5.58. The predicted octanol–water partition coefficient (Wildman–Crippen LogP) is 3.86. The van der Waals surface area contributed by atoms with Crippen LogP contribution in [0, 0.1) is 0 Å². The van der Waals surface area contributed by atoms with Crippen LogP contribution in [-0.2, 0) is 11.2 Å². The monoisotopic (exact) mass is 370 g/mol. The highest BCUT2D eigenvalue weighted by Crippen LogP contribution is 2.28. The molecule has 1 amide bonds. The molecule has 1 heterocycles. The van der Waals surface area contributed by atoms with Crippen LogP contribution in [0.5, 0.6) is 11.5 Å². The Morgan fingerprint density at radius 2 is 1.88 bits per heavy atom. The van der Waals surface area contributed by atoms with Gasteiger partial charge in [-0.1, -0.05) is 29.8 Å². The number of aryl methyl sites for hydroxylation is 1. The Bertz CT molecular complexity index is 890. The van der Waals surface area contributed by atoms with E-state index in [1.54, 1.807) is 32.4 Å². The average Bonchev–Trinajstić information content (AvgIpc) is 2.99. The summed E-state index contributed by atoms with van der Waals surface area (Å²) in [5.74, 6) is 1.68. The smallest absolute Gasteiger partial charge is 0.275 e. The molecule has 0 bridgehead atoms. The summed E-state index contributed by atoms with van der Waals surface area (Å²) in [5.41, 5.74) is 2.29. The summed E-state index contributed by atoms with van der Waals surface area (Å²) in [6.07, 6.45) is 3.11. The molecule has 2 aromatic carbocycles. The molecule has 26 heavy (non-hydrogen) atoms. The summed E-state index contributed by atoms with van der Waals surface area (Å²) in [5, 5.41) is 3.52. The van der Waals surface area contributed by atoms with Crippen molar-refractivity contribution in [1.82, 2.24) is 5.32 Å². The lowest BCUT2D eigenvalue weighted by Gasteiger charge is -2.07. The lowest BCUT2D eigenvalue weighted by atomic mass is 10.1. The lowest BCUT2D eigenvalue weighted by Crippen LogP contribution is -2.24. The van der Waals surface area contributed by atoms with Gasteiger partial charge in [-0.15, -0.1) is 0 Å². The minimum Gasteiger partial charge on any atom is -0.493 e. The first-order valence-corrected chi connectivity index (χ1v) is 8.54. The van der Waals surface area contributed by atoms with Crippen LogP contribution in [0.4, 0.5) is 0 Å². The van der Waals surface area contributed by atoms with Gasteiger partial charge >= 0.3 is 0 Å². The second-order valence-corrected chi connectivity index (χ2v) is 6.22. The van der Waals surface area contributed by atoms with Crippen LogP contribution in [0.3, 0.4) is 0 Å². The number of ether oxygens (including phenoxy) is 2. The first kappa shape index (κ1) is 18.0. The van der Waals surface area contributed by atoms with Crippen molar-refractivity contribution in [2.45, 2.75) is 12.8 Å². The first-order chi connectivity index (χ1) is 12.6. The number of amidine groups is 1. The molecule has 134 valence electrons. The molecular formula is C20H19ClN2O3. The van der Waals surface area contributed by atoms with Crippen molar-refractivity contribution in [3.05, 3.63) is 64.3 Å². The van der Waals surface area contributed by atoms with Crippen molar-refractivity contribution in [2.75, 3.05) is 14.2 Å². The molecule has 3 rings (SSSR count). The Labute approximate surface area is 157 Å². The van der Waals surface area contributed by atoms with E-state index in [1.807, 2.05) is 30.3 Å². The number of nitrogens with zero attached hydrogens (tertiary/aromatic N) is 1. The predicted molar refractivity (Wildman–Crippen MR) is 103 cm³/mol. The number of rotatable bonds is 6. The number of methoxy groups -OCH3 is 2. The average molecular weight is 371 g/mol. The van der Waals surface area contributed by atoms with Crippen LogP contribution in [0.15, 0.2) is 53.2 Å². The van der Waals surface area contributed by atoms with Crippen LogP contribution in [0.2, 0.25) is 5.02 Å². The van der Waals surface area contributed by atoms with Gasteiger partial charge in [-0.05, 0) is 47.9 Å². The second-order valence-electron chi connectivity index (χ2n) is 5.79. The third-order valence-electron chi connectivity index (χ3n) is 4.00. The topological polar surface area (TPSA) is 59.9 Å². The number of hydrogen-bond acceptors (Lipinski definition) is 4. The largest absolute Gasteiger partial charge is 0.493 e. The molecule has 0 aromatic heterocycles. The Morgan fingerprint density at radius 3 is 2.62 bits per heavy atom. The van der Waals surface area contributed by atoms with Gasteiger partial charge in [0.1, 0.15) is 11.5 Å². The van der Waals surface area contributed by atoms with E-state index in [9.17, 15) is 4.79 Å². The molecule has 2 aromatic rings. The molecule has 1 N–H and O–H groups in total. The number of carbonyl (C=O) groups excluding carboxylic acids is 1. The lowest BCUT2D eigenvalue weighted by molar-refractivity contribution is -0.115. The number of carbonyl (C=O) groups is 1. The maximum atomic E-state index is 12.2. The summed E-state index contributed by atoms with van der Waals surface area (Å²) in [4.78, 5) is 16.6. The van der Waals surface area contributed by atoms with Crippen LogP contribution >= 0.6 is 11.6 Å². The third kappa shape index (κ3) is 4.24. The number of aliphatic imine (C=N–C) groups is 1. The number of hydrogen-bond donors (Lipinski definition) is 1. The Hall–Kier alpha value is -2.79. The SMILES string of the molecule is COc1ccc(/C=C2/N=C(CCc3cccc(Cl)c3)NC2=O)cc1OC. The fraction of sp³-hybridized carbons (Fsp3) is 0.200. The minimum absolute atomic E-state index is 0.208. The molecule has 1 aliphatic heterocycles. The quantitative estimate of drug-likeness (QED) is 0.785. The molecule has 0 aliphatic carbocycles. The number of halogens is 1. The molecule has 5 nitrogen and oxygen atoms in total. The van der Waals surface area contributed by atoms with Crippen molar-refractivity contribution in [1.29, 1.82) is 0 Å². The fourth-order valence-corrected chi connectivity index (χ4v) is 2.90. The van der Waals surface area contributed by atoms with E-state index in [1.165, 1.54) is 0 Å². The van der Waals surface area contributed by atoms with Crippen molar-refractivity contribution in [2.24, 2.45) is 4.99 Å². The number of nitrogens with one attached hydrogen (secondary N) is 1. The maximum absolute atomic E-state index is 12.2.